The molecule has 0 aliphatic carbocycles. The van der Waals surface area contributed by atoms with Crippen LogP contribution in [-0.4, -0.2) is 15.1 Å². The van der Waals surface area contributed by atoms with Crippen molar-refractivity contribution in [3.05, 3.63) is 27.8 Å². The SMILES string of the molecule is Cc1nc(Cc2noc(CCl)n2)cs1. The molecule has 0 saturated carbocycles. The van der Waals surface area contributed by atoms with Gasteiger partial charge in [-0.2, -0.15) is 4.98 Å². The number of nitrogens with zero attached hydrogens (tertiary/aromatic N) is 3. The maximum atomic E-state index is 5.54. The van der Waals surface area contributed by atoms with Crippen molar-refractivity contribution in [3.8, 4) is 0 Å². The lowest BCUT2D eigenvalue weighted by atomic mass is 10.3. The lowest BCUT2D eigenvalue weighted by Crippen LogP contribution is -1.91. The second kappa shape index (κ2) is 4.06. The molecular formula is C8H8ClN3OS. The molecule has 0 fully saturated rings. The summed E-state index contributed by atoms with van der Waals surface area (Å²) >= 11 is 7.15. The van der Waals surface area contributed by atoms with E-state index in [9.17, 15) is 0 Å². The van der Waals surface area contributed by atoms with Gasteiger partial charge in [-0.15, -0.1) is 22.9 Å². The van der Waals surface area contributed by atoms with Crippen molar-refractivity contribution >= 4 is 22.9 Å². The fraction of sp³-hybridized carbons (Fsp3) is 0.375. The lowest BCUT2D eigenvalue weighted by Gasteiger charge is -1.86. The molecule has 0 atom stereocenters. The summed E-state index contributed by atoms with van der Waals surface area (Å²) in [7, 11) is 0. The van der Waals surface area contributed by atoms with Crippen LogP contribution in [0.2, 0.25) is 0 Å². The highest BCUT2D eigenvalue weighted by molar-refractivity contribution is 7.09. The second-order valence-electron chi connectivity index (χ2n) is 2.77. The van der Waals surface area contributed by atoms with Crippen molar-refractivity contribution in [1.29, 1.82) is 0 Å². The Labute approximate surface area is 89.9 Å². The number of halogens is 1. The summed E-state index contributed by atoms with van der Waals surface area (Å²) in [6.07, 6.45) is 0.602. The van der Waals surface area contributed by atoms with Gasteiger partial charge in [0.25, 0.3) is 0 Å². The molecule has 0 unspecified atom stereocenters. The van der Waals surface area contributed by atoms with Gasteiger partial charge in [-0.1, -0.05) is 5.16 Å². The first-order valence-electron chi connectivity index (χ1n) is 4.06. The molecule has 74 valence electrons. The summed E-state index contributed by atoms with van der Waals surface area (Å²) in [5, 5.41) is 6.82. The van der Waals surface area contributed by atoms with E-state index in [2.05, 4.69) is 15.1 Å². The predicted octanol–water partition coefficient (Wildman–Crippen LogP) is 2.16. The highest BCUT2D eigenvalue weighted by atomic mass is 35.5. The van der Waals surface area contributed by atoms with Gasteiger partial charge in [-0.3, -0.25) is 0 Å². The van der Waals surface area contributed by atoms with Gasteiger partial charge in [0.15, 0.2) is 5.82 Å². The molecule has 2 aromatic rings. The average Bonchev–Trinajstić information content (AvgIpc) is 2.76. The van der Waals surface area contributed by atoms with Crippen molar-refractivity contribution in [2.45, 2.75) is 19.2 Å². The van der Waals surface area contributed by atoms with Crippen LogP contribution >= 0.6 is 22.9 Å². The maximum Gasteiger partial charge on any atom is 0.241 e. The molecule has 0 amide bonds. The Kier molecular flexibility index (Phi) is 2.79. The molecule has 0 bridgehead atoms. The highest BCUT2D eigenvalue weighted by Gasteiger charge is 2.07. The van der Waals surface area contributed by atoms with E-state index >= 15 is 0 Å². The van der Waals surface area contributed by atoms with E-state index < -0.39 is 0 Å². The van der Waals surface area contributed by atoms with Gasteiger partial charge >= 0.3 is 0 Å². The summed E-state index contributed by atoms with van der Waals surface area (Å²) in [6.45, 7) is 1.97. The molecule has 2 heterocycles. The van der Waals surface area contributed by atoms with E-state index in [1.54, 1.807) is 11.3 Å². The topological polar surface area (TPSA) is 51.8 Å². The summed E-state index contributed by atoms with van der Waals surface area (Å²) in [5.41, 5.74) is 0.967. The van der Waals surface area contributed by atoms with Crippen LogP contribution in [-0.2, 0) is 12.3 Å². The number of hydrogen-bond acceptors (Lipinski definition) is 5. The van der Waals surface area contributed by atoms with E-state index in [1.165, 1.54) is 0 Å². The zero-order chi connectivity index (χ0) is 9.97. The van der Waals surface area contributed by atoms with Gasteiger partial charge in [-0.25, -0.2) is 4.98 Å². The molecule has 2 rings (SSSR count). The van der Waals surface area contributed by atoms with E-state index in [0.29, 0.717) is 18.1 Å². The third kappa shape index (κ3) is 2.10. The van der Waals surface area contributed by atoms with Crippen LogP contribution in [0.4, 0.5) is 0 Å². The van der Waals surface area contributed by atoms with Gasteiger partial charge < -0.3 is 4.52 Å². The van der Waals surface area contributed by atoms with Crippen LogP contribution < -0.4 is 0 Å². The van der Waals surface area contributed by atoms with Crippen molar-refractivity contribution < 1.29 is 4.52 Å². The third-order valence-electron chi connectivity index (χ3n) is 1.63. The van der Waals surface area contributed by atoms with E-state index in [0.717, 1.165) is 10.7 Å². The number of aromatic nitrogens is 3. The van der Waals surface area contributed by atoms with Crippen molar-refractivity contribution in [1.82, 2.24) is 15.1 Å². The van der Waals surface area contributed by atoms with Crippen LogP contribution in [0.1, 0.15) is 22.4 Å². The molecular weight excluding hydrogens is 222 g/mol. The molecule has 0 aliphatic rings. The first-order chi connectivity index (χ1) is 6.78. The Morgan fingerprint density at radius 1 is 1.50 bits per heavy atom. The standard InChI is InChI=1S/C8H8ClN3OS/c1-5-10-6(4-14-5)2-7-11-8(3-9)13-12-7/h4H,2-3H2,1H3. The monoisotopic (exact) mass is 229 g/mol. The number of thiazole rings is 1. The number of alkyl halides is 1. The van der Waals surface area contributed by atoms with Crippen LogP contribution in [0.3, 0.4) is 0 Å². The molecule has 6 heteroatoms. The van der Waals surface area contributed by atoms with Gasteiger partial charge in [-0.05, 0) is 6.92 Å². The number of rotatable bonds is 3. The first kappa shape index (κ1) is 9.61. The van der Waals surface area contributed by atoms with Crippen LogP contribution in [0, 0.1) is 6.92 Å². The normalized spacial score (nSPS) is 10.7. The minimum atomic E-state index is 0.253. The first-order valence-corrected chi connectivity index (χ1v) is 5.48. The Morgan fingerprint density at radius 2 is 2.36 bits per heavy atom. The van der Waals surface area contributed by atoms with E-state index in [1.807, 2.05) is 12.3 Å². The maximum absolute atomic E-state index is 5.54. The van der Waals surface area contributed by atoms with Gasteiger partial charge in [0.2, 0.25) is 5.89 Å². The molecule has 0 aromatic carbocycles. The molecule has 0 aliphatic heterocycles. The number of aryl methyl sites for hydroxylation is 1. The minimum absolute atomic E-state index is 0.253. The smallest absolute Gasteiger partial charge is 0.241 e. The van der Waals surface area contributed by atoms with Gasteiger partial charge in [0.1, 0.15) is 5.88 Å². The Balaban J connectivity index is 2.10. The Morgan fingerprint density at radius 3 is 2.93 bits per heavy atom. The average molecular weight is 230 g/mol. The molecule has 4 nitrogen and oxygen atoms in total. The quantitative estimate of drug-likeness (QED) is 0.757. The fourth-order valence-electron chi connectivity index (χ4n) is 1.07. The highest BCUT2D eigenvalue weighted by Crippen LogP contribution is 2.11. The molecule has 0 N–H and O–H groups in total. The van der Waals surface area contributed by atoms with Crippen LogP contribution in [0.25, 0.3) is 0 Å². The fourth-order valence-corrected chi connectivity index (χ4v) is 1.79. The summed E-state index contributed by atoms with van der Waals surface area (Å²) in [4.78, 5) is 8.39. The molecule has 0 radical (unpaired) electrons. The predicted molar refractivity (Wildman–Crippen MR) is 53.5 cm³/mol. The van der Waals surface area contributed by atoms with E-state index in [-0.39, 0.29) is 5.88 Å². The Bertz CT molecular complexity index is 426. The van der Waals surface area contributed by atoms with Gasteiger partial charge in [0.05, 0.1) is 17.1 Å². The van der Waals surface area contributed by atoms with Crippen molar-refractivity contribution in [2.75, 3.05) is 0 Å². The Hall–Kier alpha value is -0.940. The second-order valence-corrected chi connectivity index (χ2v) is 4.10. The van der Waals surface area contributed by atoms with Gasteiger partial charge in [0, 0.05) is 5.38 Å². The molecule has 2 aromatic heterocycles. The molecule has 14 heavy (non-hydrogen) atoms. The zero-order valence-electron chi connectivity index (χ0n) is 7.53. The van der Waals surface area contributed by atoms with Crippen LogP contribution in [0.15, 0.2) is 9.90 Å². The summed E-state index contributed by atoms with van der Waals surface area (Å²) in [5.74, 6) is 1.34. The third-order valence-corrected chi connectivity index (χ3v) is 2.68. The zero-order valence-corrected chi connectivity index (χ0v) is 9.10. The minimum Gasteiger partial charge on any atom is -0.338 e. The number of hydrogen-bond donors (Lipinski definition) is 0. The van der Waals surface area contributed by atoms with Crippen molar-refractivity contribution in [2.24, 2.45) is 0 Å². The summed E-state index contributed by atoms with van der Waals surface area (Å²) in [6, 6.07) is 0. The van der Waals surface area contributed by atoms with Crippen molar-refractivity contribution in [3.63, 3.8) is 0 Å². The van der Waals surface area contributed by atoms with E-state index in [4.69, 9.17) is 16.1 Å². The molecule has 0 saturated heterocycles. The lowest BCUT2D eigenvalue weighted by molar-refractivity contribution is 0.385. The largest absolute Gasteiger partial charge is 0.338 e. The summed E-state index contributed by atoms with van der Waals surface area (Å²) < 4.78 is 4.88. The molecule has 0 spiro atoms. The van der Waals surface area contributed by atoms with Crippen LogP contribution in [0.5, 0.6) is 0 Å².